The van der Waals surface area contributed by atoms with Gasteiger partial charge in [-0.15, -0.1) is 0 Å². The van der Waals surface area contributed by atoms with Crippen molar-refractivity contribution in [3.63, 3.8) is 0 Å². The van der Waals surface area contributed by atoms with Gasteiger partial charge in [0, 0.05) is 33.3 Å². The Kier molecular flexibility index (Phi) is 5.56. The Morgan fingerprint density at radius 2 is 2.12 bits per heavy atom. The van der Waals surface area contributed by atoms with Gasteiger partial charge >= 0.3 is 0 Å². The molecule has 24 heavy (non-hydrogen) atoms. The lowest BCUT2D eigenvalue weighted by Gasteiger charge is -2.29. The highest BCUT2D eigenvalue weighted by Crippen LogP contribution is 2.24. The third-order valence-electron chi connectivity index (χ3n) is 5.13. The molecule has 2 aliphatic rings. The molecule has 0 spiro atoms. The van der Waals surface area contributed by atoms with Crippen molar-refractivity contribution in [2.45, 2.75) is 44.8 Å². The molecule has 0 aromatic carbocycles. The van der Waals surface area contributed by atoms with Crippen molar-refractivity contribution in [2.24, 2.45) is 5.92 Å². The molecule has 0 bridgehead atoms. The molecule has 0 saturated carbocycles. The Hall–Kier alpha value is -1.40. The zero-order chi connectivity index (χ0) is 17.1. The molecule has 1 aromatic heterocycles. The Morgan fingerprint density at radius 3 is 2.83 bits per heavy atom. The van der Waals surface area contributed by atoms with Gasteiger partial charge in [-0.25, -0.2) is 0 Å². The fourth-order valence-corrected chi connectivity index (χ4v) is 3.90. The molecular formula is C18H30N4O2. The SMILES string of the molecule is CN(C)C[C@@H]1CCn2ncc(C(=O)N(C)C[C@@H]3CCCCO3)c2C1. The van der Waals surface area contributed by atoms with Crippen LogP contribution in [0.15, 0.2) is 6.20 Å². The summed E-state index contributed by atoms with van der Waals surface area (Å²) in [6.07, 6.45) is 7.39. The molecular weight excluding hydrogens is 304 g/mol. The lowest BCUT2D eigenvalue weighted by molar-refractivity contribution is -0.000222. The van der Waals surface area contributed by atoms with Gasteiger partial charge in [-0.1, -0.05) is 0 Å². The van der Waals surface area contributed by atoms with Crippen LogP contribution in [-0.4, -0.2) is 72.4 Å². The molecule has 3 rings (SSSR count). The second-order valence-corrected chi connectivity index (χ2v) is 7.52. The van der Waals surface area contributed by atoms with Crippen molar-refractivity contribution in [1.82, 2.24) is 19.6 Å². The van der Waals surface area contributed by atoms with Crippen molar-refractivity contribution < 1.29 is 9.53 Å². The first kappa shape index (κ1) is 17.4. The zero-order valence-corrected chi connectivity index (χ0v) is 15.2. The molecule has 1 amide bonds. The number of aryl methyl sites for hydroxylation is 1. The van der Waals surface area contributed by atoms with E-state index in [1.807, 2.05) is 16.6 Å². The van der Waals surface area contributed by atoms with Crippen LogP contribution >= 0.6 is 0 Å². The summed E-state index contributed by atoms with van der Waals surface area (Å²) in [6.45, 7) is 3.47. The maximum Gasteiger partial charge on any atom is 0.257 e. The number of ether oxygens (including phenoxy) is 1. The Balaban J connectivity index is 1.66. The smallest absolute Gasteiger partial charge is 0.257 e. The number of carbonyl (C=O) groups is 1. The van der Waals surface area contributed by atoms with Crippen LogP contribution < -0.4 is 0 Å². The predicted molar refractivity (Wildman–Crippen MR) is 93.1 cm³/mol. The monoisotopic (exact) mass is 334 g/mol. The highest BCUT2D eigenvalue weighted by Gasteiger charge is 2.28. The summed E-state index contributed by atoms with van der Waals surface area (Å²) in [6, 6.07) is 0. The van der Waals surface area contributed by atoms with Gasteiger partial charge < -0.3 is 14.5 Å². The van der Waals surface area contributed by atoms with Crippen LogP contribution in [0.1, 0.15) is 41.7 Å². The summed E-state index contributed by atoms with van der Waals surface area (Å²) in [4.78, 5) is 16.9. The minimum Gasteiger partial charge on any atom is -0.376 e. The van der Waals surface area contributed by atoms with Crippen molar-refractivity contribution in [3.05, 3.63) is 17.5 Å². The van der Waals surface area contributed by atoms with Gasteiger partial charge in [-0.05, 0) is 52.1 Å². The maximum absolute atomic E-state index is 12.9. The number of aromatic nitrogens is 2. The summed E-state index contributed by atoms with van der Waals surface area (Å²) < 4.78 is 7.79. The first-order valence-electron chi connectivity index (χ1n) is 9.11. The molecule has 6 heteroatoms. The number of hydrogen-bond donors (Lipinski definition) is 0. The number of amides is 1. The number of hydrogen-bond acceptors (Lipinski definition) is 4. The molecule has 0 aliphatic carbocycles. The first-order valence-corrected chi connectivity index (χ1v) is 9.11. The van der Waals surface area contributed by atoms with Crippen LogP contribution in [0.2, 0.25) is 0 Å². The van der Waals surface area contributed by atoms with E-state index < -0.39 is 0 Å². The van der Waals surface area contributed by atoms with E-state index in [0.29, 0.717) is 12.5 Å². The van der Waals surface area contributed by atoms with E-state index in [2.05, 4.69) is 24.1 Å². The lowest BCUT2D eigenvalue weighted by Crippen LogP contribution is -2.38. The van der Waals surface area contributed by atoms with Crippen LogP contribution in [0.3, 0.4) is 0 Å². The van der Waals surface area contributed by atoms with Crippen LogP contribution in [0.25, 0.3) is 0 Å². The number of carbonyl (C=O) groups excluding carboxylic acids is 1. The molecule has 2 atom stereocenters. The highest BCUT2D eigenvalue weighted by atomic mass is 16.5. The Morgan fingerprint density at radius 1 is 1.29 bits per heavy atom. The van der Waals surface area contributed by atoms with Gasteiger partial charge in [-0.3, -0.25) is 9.48 Å². The maximum atomic E-state index is 12.9. The Labute approximate surface area is 144 Å². The molecule has 1 saturated heterocycles. The second kappa shape index (κ2) is 7.66. The molecule has 3 heterocycles. The van der Waals surface area contributed by atoms with Gasteiger partial charge in [0.2, 0.25) is 0 Å². The van der Waals surface area contributed by atoms with Crippen LogP contribution in [0, 0.1) is 5.92 Å². The first-order chi connectivity index (χ1) is 11.5. The molecule has 2 aliphatic heterocycles. The van der Waals surface area contributed by atoms with Gasteiger partial charge in [-0.2, -0.15) is 5.10 Å². The van der Waals surface area contributed by atoms with Gasteiger partial charge in [0.15, 0.2) is 0 Å². The molecule has 0 unspecified atom stereocenters. The van der Waals surface area contributed by atoms with Crippen LogP contribution in [-0.2, 0) is 17.7 Å². The van der Waals surface area contributed by atoms with E-state index in [1.54, 1.807) is 6.20 Å². The molecule has 0 N–H and O–H groups in total. The molecule has 6 nitrogen and oxygen atoms in total. The zero-order valence-electron chi connectivity index (χ0n) is 15.2. The van der Waals surface area contributed by atoms with Crippen molar-refractivity contribution in [3.8, 4) is 0 Å². The van der Waals surface area contributed by atoms with E-state index in [-0.39, 0.29) is 12.0 Å². The second-order valence-electron chi connectivity index (χ2n) is 7.52. The summed E-state index contributed by atoms with van der Waals surface area (Å²) in [5.41, 5.74) is 1.88. The van der Waals surface area contributed by atoms with E-state index in [9.17, 15) is 4.79 Å². The topological polar surface area (TPSA) is 50.6 Å². The minimum atomic E-state index is 0.0796. The average molecular weight is 334 g/mol. The van der Waals surface area contributed by atoms with E-state index in [4.69, 9.17) is 4.74 Å². The third kappa shape index (κ3) is 3.98. The number of fused-ring (bicyclic) bond motifs is 1. The van der Waals surface area contributed by atoms with Crippen molar-refractivity contribution >= 4 is 5.91 Å². The van der Waals surface area contributed by atoms with Gasteiger partial charge in [0.1, 0.15) is 0 Å². The largest absolute Gasteiger partial charge is 0.376 e. The summed E-state index contributed by atoms with van der Waals surface area (Å²) >= 11 is 0. The van der Waals surface area contributed by atoms with Crippen LogP contribution in [0.4, 0.5) is 0 Å². The van der Waals surface area contributed by atoms with E-state index in [0.717, 1.165) is 56.6 Å². The normalized spacial score (nSPS) is 24.0. The van der Waals surface area contributed by atoms with E-state index >= 15 is 0 Å². The summed E-state index contributed by atoms with van der Waals surface area (Å²) in [7, 11) is 6.09. The average Bonchev–Trinajstić information content (AvgIpc) is 2.97. The van der Waals surface area contributed by atoms with Crippen LogP contribution in [0.5, 0.6) is 0 Å². The minimum absolute atomic E-state index is 0.0796. The molecule has 1 fully saturated rings. The van der Waals surface area contributed by atoms with Gasteiger partial charge in [0.25, 0.3) is 5.91 Å². The fraction of sp³-hybridized carbons (Fsp3) is 0.778. The predicted octanol–water partition coefficient (Wildman–Crippen LogP) is 1.65. The molecule has 134 valence electrons. The summed E-state index contributed by atoms with van der Waals surface area (Å²) in [5, 5.41) is 4.44. The molecule has 1 aromatic rings. The quantitative estimate of drug-likeness (QED) is 0.821. The Bertz CT molecular complexity index is 563. The van der Waals surface area contributed by atoms with Gasteiger partial charge in [0.05, 0.1) is 23.6 Å². The van der Waals surface area contributed by atoms with Crippen molar-refractivity contribution in [2.75, 3.05) is 40.8 Å². The molecule has 0 radical (unpaired) electrons. The number of rotatable bonds is 5. The highest BCUT2D eigenvalue weighted by molar-refractivity contribution is 5.95. The fourth-order valence-electron chi connectivity index (χ4n) is 3.90. The third-order valence-corrected chi connectivity index (χ3v) is 5.13. The standard InChI is InChI=1S/C18H30N4O2/c1-20(2)12-14-7-8-22-17(10-14)16(11-19-22)18(23)21(3)13-15-6-4-5-9-24-15/h11,14-15H,4-10,12-13H2,1-3H3/t14-,15+/m1/s1. The lowest BCUT2D eigenvalue weighted by atomic mass is 9.93. The number of likely N-dealkylation sites (N-methyl/N-ethyl adjacent to an activating group) is 1. The number of nitrogens with zero attached hydrogens (tertiary/aromatic N) is 4. The van der Waals surface area contributed by atoms with E-state index in [1.165, 1.54) is 6.42 Å². The van der Waals surface area contributed by atoms with Crippen molar-refractivity contribution in [1.29, 1.82) is 0 Å². The summed E-state index contributed by atoms with van der Waals surface area (Å²) in [5.74, 6) is 0.679.